The topological polar surface area (TPSA) is 92.7 Å². The minimum Gasteiger partial charge on any atom is -0.391 e. The van der Waals surface area contributed by atoms with Gasteiger partial charge in [0.05, 0.1) is 17.7 Å². The summed E-state index contributed by atoms with van der Waals surface area (Å²) in [6.07, 6.45) is 3.54. The lowest BCUT2D eigenvalue weighted by Crippen LogP contribution is -2.48. The molecule has 1 aromatic heterocycles. The molecular formula is C28H47ClN4O3. The molecule has 1 aromatic carbocycles. The monoisotopic (exact) mass is 522 g/mol. The molecule has 0 saturated heterocycles. The number of carbonyl (C=O) groups is 1. The SMILES string of the molecule is CCCCNC(=O)[C@@H](C[C@H](O)[C@@H](N)CN(Cc1ccc2c(Cl)cn(CCOC)c2c1)C(C)C)C(C)C. The number of methoxy groups -OCH3 is 1. The summed E-state index contributed by atoms with van der Waals surface area (Å²) in [5.74, 6) is -0.126. The average molecular weight is 523 g/mol. The van der Waals surface area contributed by atoms with Crippen LogP contribution in [0.15, 0.2) is 24.4 Å². The van der Waals surface area contributed by atoms with Crippen molar-refractivity contribution in [1.82, 2.24) is 14.8 Å². The predicted molar refractivity (Wildman–Crippen MR) is 149 cm³/mol. The number of unbranched alkanes of at least 4 members (excludes halogenated alkanes) is 1. The summed E-state index contributed by atoms with van der Waals surface area (Å²) < 4.78 is 7.37. The molecule has 0 bridgehead atoms. The molecule has 0 aliphatic heterocycles. The molecule has 3 atom stereocenters. The molecule has 2 rings (SSSR count). The maximum absolute atomic E-state index is 12.7. The fourth-order valence-corrected chi connectivity index (χ4v) is 4.76. The summed E-state index contributed by atoms with van der Waals surface area (Å²) in [5.41, 5.74) is 8.73. The molecule has 1 amide bonds. The Labute approximate surface area is 222 Å². The minimum atomic E-state index is -0.761. The molecule has 204 valence electrons. The highest BCUT2D eigenvalue weighted by atomic mass is 35.5. The Morgan fingerprint density at radius 2 is 2.00 bits per heavy atom. The van der Waals surface area contributed by atoms with Crippen LogP contribution in [0.2, 0.25) is 5.02 Å². The van der Waals surface area contributed by atoms with Crippen molar-refractivity contribution >= 4 is 28.4 Å². The summed E-state index contributed by atoms with van der Waals surface area (Å²) in [6.45, 7) is 13.7. The van der Waals surface area contributed by atoms with Crippen LogP contribution < -0.4 is 11.1 Å². The van der Waals surface area contributed by atoms with Gasteiger partial charge in [0.1, 0.15) is 0 Å². The Kier molecular flexibility index (Phi) is 12.7. The van der Waals surface area contributed by atoms with Gasteiger partial charge in [-0.05, 0) is 44.2 Å². The van der Waals surface area contributed by atoms with Gasteiger partial charge in [-0.15, -0.1) is 0 Å². The van der Waals surface area contributed by atoms with Crippen LogP contribution in [0, 0.1) is 11.8 Å². The molecular weight excluding hydrogens is 476 g/mol. The zero-order valence-corrected chi connectivity index (χ0v) is 23.7. The average Bonchev–Trinajstić information content (AvgIpc) is 3.14. The van der Waals surface area contributed by atoms with Crippen LogP contribution >= 0.6 is 11.6 Å². The van der Waals surface area contributed by atoms with Gasteiger partial charge in [0.2, 0.25) is 5.91 Å². The number of aliphatic hydroxyl groups is 1. The number of nitrogens with one attached hydrogen (secondary N) is 1. The Morgan fingerprint density at radius 3 is 2.61 bits per heavy atom. The van der Waals surface area contributed by atoms with E-state index in [1.54, 1.807) is 7.11 Å². The second-order valence-corrected chi connectivity index (χ2v) is 10.9. The third kappa shape index (κ3) is 8.73. The number of amides is 1. The van der Waals surface area contributed by atoms with Crippen LogP contribution in [-0.4, -0.2) is 65.5 Å². The zero-order chi connectivity index (χ0) is 26.8. The molecule has 0 fully saturated rings. The van der Waals surface area contributed by atoms with Crippen molar-refractivity contribution in [2.75, 3.05) is 26.8 Å². The van der Waals surface area contributed by atoms with Crippen LogP contribution in [0.4, 0.5) is 0 Å². The van der Waals surface area contributed by atoms with Gasteiger partial charge in [-0.1, -0.05) is 50.9 Å². The number of hydrogen-bond acceptors (Lipinski definition) is 5. The number of carbonyl (C=O) groups excluding carboxylic acids is 1. The molecule has 0 radical (unpaired) electrons. The minimum absolute atomic E-state index is 0.00820. The van der Waals surface area contributed by atoms with Gasteiger partial charge in [-0.3, -0.25) is 9.69 Å². The van der Waals surface area contributed by atoms with E-state index in [4.69, 9.17) is 22.1 Å². The molecule has 0 spiro atoms. The Balaban J connectivity index is 2.08. The van der Waals surface area contributed by atoms with Crippen molar-refractivity contribution in [2.24, 2.45) is 17.6 Å². The lowest BCUT2D eigenvalue weighted by molar-refractivity contribution is -0.127. The first kappa shape index (κ1) is 30.6. The largest absolute Gasteiger partial charge is 0.391 e. The first-order valence-corrected chi connectivity index (χ1v) is 13.7. The number of fused-ring (bicyclic) bond motifs is 1. The van der Waals surface area contributed by atoms with Gasteiger partial charge in [-0.25, -0.2) is 0 Å². The van der Waals surface area contributed by atoms with Crippen molar-refractivity contribution in [3.8, 4) is 0 Å². The van der Waals surface area contributed by atoms with E-state index in [2.05, 4.69) is 53.8 Å². The highest BCUT2D eigenvalue weighted by Crippen LogP contribution is 2.27. The van der Waals surface area contributed by atoms with Crippen LogP contribution in [0.5, 0.6) is 0 Å². The Bertz CT molecular complexity index is 946. The molecule has 4 N–H and O–H groups in total. The quantitative estimate of drug-likeness (QED) is 0.284. The smallest absolute Gasteiger partial charge is 0.223 e. The summed E-state index contributed by atoms with van der Waals surface area (Å²) in [6, 6.07) is 6.11. The number of benzene rings is 1. The van der Waals surface area contributed by atoms with E-state index in [1.807, 2.05) is 20.0 Å². The Morgan fingerprint density at radius 1 is 1.28 bits per heavy atom. The fourth-order valence-electron chi connectivity index (χ4n) is 4.49. The molecule has 0 saturated carbocycles. The summed E-state index contributed by atoms with van der Waals surface area (Å²) in [5, 5.41) is 15.7. The molecule has 7 nitrogen and oxygen atoms in total. The summed E-state index contributed by atoms with van der Waals surface area (Å²) in [4.78, 5) is 15.0. The summed E-state index contributed by atoms with van der Waals surface area (Å²) in [7, 11) is 1.69. The lowest BCUT2D eigenvalue weighted by Gasteiger charge is -2.32. The van der Waals surface area contributed by atoms with E-state index in [-0.39, 0.29) is 23.8 Å². The zero-order valence-electron chi connectivity index (χ0n) is 23.0. The van der Waals surface area contributed by atoms with Gasteiger partial charge >= 0.3 is 0 Å². The third-order valence-electron chi connectivity index (χ3n) is 6.96. The highest BCUT2D eigenvalue weighted by Gasteiger charge is 2.29. The van der Waals surface area contributed by atoms with Crippen LogP contribution in [0.3, 0.4) is 0 Å². The van der Waals surface area contributed by atoms with Gasteiger partial charge < -0.3 is 25.5 Å². The van der Waals surface area contributed by atoms with Gasteiger partial charge in [0.25, 0.3) is 0 Å². The Hall–Kier alpha value is -1.64. The number of ether oxygens (including phenoxy) is 1. The number of hydrogen-bond donors (Lipinski definition) is 3. The predicted octanol–water partition coefficient (Wildman–Crippen LogP) is 4.42. The molecule has 8 heteroatoms. The first-order valence-electron chi connectivity index (χ1n) is 13.3. The van der Waals surface area contributed by atoms with Crippen LogP contribution in [0.25, 0.3) is 10.9 Å². The normalized spacial score (nSPS) is 14.7. The molecule has 0 aliphatic rings. The number of aromatic nitrogens is 1. The fraction of sp³-hybridized carbons (Fsp3) is 0.679. The van der Waals surface area contributed by atoms with Crippen LogP contribution in [-0.2, 0) is 22.6 Å². The lowest BCUT2D eigenvalue weighted by atomic mass is 9.87. The second kappa shape index (κ2) is 14.9. The van der Waals surface area contributed by atoms with Gasteiger partial charge in [0.15, 0.2) is 0 Å². The maximum atomic E-state index is 12.7. The van der Waals surface area contributed by atoms with Crippen LogP contribution in [0.1, 0.15) is 59.4 Å². The van der Waals surface area contributed by atoms with Gasteiger partial charge in [0, 0.05) is 68.4 Å². The number of nitrogens with zero attached hydrogens (tertiary/aromatic N) is 2. The molecule has 2 aromatic rings. The molecule has 36 heavy (non-hydrogen) atoms. The number of halogens is 1. The van der Waals surface area contributed by atoms with Gasteiger partial charge in [-0.2, -0.15) is 0 Å². The number of rotatable bonds is 16. The van der Waals surface area contributed by atoms with E-state index in [1.165, 1.54) is 0 Å². The maximum Gasteiger partial charge on any atom is 0.223 e. The van der Waals surface area contributed by atoms with Crippen molar-refractivity contribution in [1.29, 1.82) is 0 Å². The van der Waals surface area contributed by atoms with E-state index in [0.717, 1.165) is 40.9 Å². The first-order chi connectivity index (χ1) is 17.1. The number of nitrogens with two attached hydrogens (primary N) is 1. The number of aliphatic hydroxyl groups excluding tert-OH is 1. The van der Waals surface area contributed by atoms with E-state index in [0.29, 0.717) is 32.7 Å². The van der Waals surface area contributed by atoms with Crippen molar-refractivity contribution in [2.45, 2.75) is 85.2 Å². The summed E-state index contributed by atoms with van der Waals surface area (Å²) >= 11 is 6.45. The molecule has 0 unspecified atom stereocenters. The standard InChI is InChI=1S/C28H47ClN4O3/c1-7-8-11-31-28(35)23(19(2)3)15-27(34)25(30)18-33(20(4)5)16-21-9-10-22-24(29)17-32(12-13-36-6)26(22)14-21/h9-10,14,17,19-20,23,25,27,34H,7-8,11-13,15-16,18,30H2,1-6H3,(H,31,35)/t23-,25-,27-/m0/s1. The van der Waals surface area contributed by atoms with Crippen molar-refractivity contribution in [3.63, 3.8) is 0 Å². The van der Waals surface area contributed by atoms with E-state index < -0.39 is 12.1 Å². The van der Waals surface area contributed by atoms with Crippen molar-refractivity contribution < 1.29 is 14.6 Å². The van der Waals surface area contributed by atoms with E-state index in [9.17, 15) is 9.90 Å². The molecule has 1 heterocycles. The van der Waals surface area contributed by atoms with E-state index >= 15 is 0 Å². The van der Waals surface area contributed by atoms with Crippen molar-refractivity contribution in [3.05, 3.63) is 35.0 Å². The molecule has 0 aliphatic carbocycles. The highest BCUT2D eigenvalue weighted by molar-refractivity contribution is 6.35. The second-order valence-electron chi connectivity index (χ2n) is 10.5. The third-order valence-corrected chi connectivity index (χ3v) is 7.26.